The molecule has 0 fully saturated rings. The topological polar surface area (TPSA) is 92.5 Å². The van der Waals surface area contributed by atoms with Crippen molar-refractivity contribution in [2.24, 2.45) is 5.73 Å². The van der Waals surface area contributed by atoms with Crippen LogP contribution < -0.4 is 11.1 Å². The van der Waals surface area contributed by atoms with Crippen LogP contribution in [0, 0.1) is 0 Å². The van der Waals surface area contributed by atoms with E-state index in [1.54, 1.807) is 12.1 Å². The zero-order valence-corrected chi connectivity index (χ0v) is 12.1. The van der Waals surface area contributed by atoms with E-state index in [1.807, 2.05) is 6.92 Å². The summed E-state index contributed by atoms with van der Waals surface area (Å²) in [5.41, 5.74) is 5.84. The number of carbonyl (C=O) groups excluding carboxylic acids is 1. The van der Waals surface area contributed by atoms with Crippen molar-refractivity contribution in [2.75, 3.05) is 19.4 Å². The summed E-state index contributed by atoms with van der Waals surface area (Å²) in [6.07, 6.45) is 0.220. The number of anilines is 1. The maximum atomic E-state index is 11.9. The van der Waals surface area contributed by atoms with Gasteiger partial charge in [-0.3, -0.25) is 4.79 Å². The molecular weight excluding hydrogens is 266 g/mol. The smallest absolute Gasteiger partial charge is 0.242 e. The standard InChI is InChI=1S/C12H19N3O3S/c1-9(8-12(13)16)14-10-4-6-11(7-5-10)19(17,18)15(2)3/h4-7,9,14H,8H2,1-3H3,(H2,13,16). The van der Waals surface area contributed by atoms with Crippen molar-refractivity contribution in [3.8, 4) is 0 Å². The normalized spacial score (nSPS) is 13.3. The quantitative estimate of drug-likeness (QED) is 0.801. The van der Waals surface area contributed by atoms with Crippen LogP contribution in [0.4, 0.5) is 5.69 Å². The third-order valence-corrected chi connectivity index (χ3v) is 4.38. The second-order valence-electron chi connectivity index (χ2n) is 4.53. The van der Waals surface area contributed by atoms with E-state index < -0.39 is 10.0 Å². The first-order valence-corrected chi connectivity index (χ1v) is 7.25. The molecule has 1 aromatic rings. The Kier molecular flexibility index (Phi) is 4.90. The van der Waals surface area contributed by atoms with Gasteiger partial charge in [0.25, 0.3) is 0 Å². The number of hydrogen-bond donors (Lipinski definition) is 2. The fourth-order valence-corrected chi connectivity index (χ4v) is 2.47. The lowest BCUT2D eigenvalue weighted by Crippen LogP contribution is -2.24. The summed E-state index contributed by atoms with van der Waals surface area (Å²) in [5.74, 6) is -0.383. The van der Waals surface area contributed by atoms with Gasteiger partial charge < -0.3 is 11.1 Å². The van der Waals surface area contributed by atoms with Crippen molar-refractivity contribution in [3.63, 3.8) is 0 Å². The van der Waals surface area contributed by atoms with Crippen LogP contribution >= 0.6 is 0 Å². The van der Waals surface area contributed by atoms with Crippen LogP contribution in [0.5, 0.6) is 0 Å². The van der Waals surface area contributed by atoms with E-state index in [0.29, 0.717) is 0 Å². The van der Waals surface area contributed by atoms with Crippen molar-refractivity contribution in [1.29, 1.82) is 0 Å². The number of hydrogen-bond acceptors (Lipinski definition) is 4. The van der Waals surface area contributed by atoms with E-state index in [0.717, 1.165) is 9.99 Å². The molecular formula is C12H19N3O3S. The summed E-state index contributed by atoms with van der Waals surface area (Å²) in [5, 5.41) is 3.07. The molecule has 19 heavy (non-hydrogen) atoms. The second-order valence-corrected chi connectivity index (χ2v) is 6.68. The van der Waals surface area contributed by atoms with Crippen molar-refractivity contribution in [3.05, 3.63) is 24.3 Å². The molecule has 1 aromatic carbocycles. The van der Waals surface area contributed by atoms with E-state index >= 15 is 0 Å². The number of sulfonamides is 1. The Hall–Kier alpha value is -1.60. The van der Waals surface area contributed by atoms with Gasteiger partial charge in [-0.25, -0.2) is 12.7 Å². The molecule has 1 atom stereocenters. The fourth-order valence-electron chi connectivity index (χ4n) is 1.57. The Morgan fingerprint density at radius 3 is 2.26 bits per heavy atom. The summed E-state index contributed by atoms with van der Waals surface area (Å²) in [4.78, 5) is 11.0. The first kappa shape index (κ1) is 15.5. The molecule has 1 amide bonds. The molecule has 0 heterocycles. The molecule has 0 aliphatic rings. The molecule has 0 aliphatic heterocycles. The molecule has 106 valence electrons. The van der Waals surface area contributed by atoms with E-state index in [4.69, 9.17) is 5.73 Å². The van der Waals surface area contributed by atoms with Crippen molar-refractivity contribution >= 4 is 21.6 Å². The monoisotopic (exact) mass is 285 g/mol. The number of amides is 1. The van der Waals surface area contributed by atoms with Crippen molar-refractivity contribution in [1.82, 2.24) is 4.31 Å². The Labute approximate surface area is 113 Å². The van der Waals surface area contributed by atoms with Crippen LogP contribution in [0.25, 0.3) is 0 Å². The van der Waals surface area contributed by atoms with Gasteiger partial charge in [-0.1, -0.05) is 0 Å². The minimum Gasteiger partial charge on any atom is -0.382 e. The highest BCUT2D eigenvalue weighted by Gasteiger charge is 2.16. The first-order chi connectivity index (χ1) is 8.73. The molecule has 6 nitrogen and oxygen atoms in total. The largest absolute Gasteiger partial charge is 0.382 e. The molecule has 7 heteroatoms. The molecule has 1 rings (SSSR count). The molecule has 0 saturated carbocycles. The summed E-state index contributed by atoms with van der Waals surface area (Å²) < 4.78 is 24.9. The van der Waals surface area contributed by atoms with Crippen LogP contribution in [-0.2, 0) is 14.8 Å². The molecule has 0 aromatic heterocycles. The molecule has 0 saturated heterocycles. The van der Waals surface area contributed by atoms with E-state index in [-0.39, 0.29) is 23.3 Å². The van der Waals surface area contributed by atoms with Crippen molar-refractivity contribution in [2.45, 2.75) is 24.3 Å². The highest BCUT2D eigenvalue weighted by atomic mass is 32.2. The lowest BCUT2D eigenvalue weighted by molar-refractivity contribution is -0.118. The first-order valence-electron chi connectivity index (χ1n) is 5.81. The number of primary amides is 1. The summed E-state index contributed by atoms with van der Waals surface area (Å²) in [6, 6.07) is 6.26. The third-order valence-electron chi connectivity index (χ3n) is 2.55. The SMILES string of the molecule is CC(CC(N)=O)Nc1ccc(S(=O)(=O)N(C)C)cc1. The van der Waals surface area contributed by atoms with E-state index in [2.05, 4.69) is 5.32 Å². The van der Waals surface area contributed by atoms with Crippen LogP contribution in [0.1, 0.15) is 13.3 Å². The molecule has 0 bridgehead atoms. The Bertz CT molecular complexity index is 538. The molecule has 3 N–H and O–H groups in total. The number of nitrogens with zero attached hydrogens (tertiary/aromatic N) is 1. The van der Waals surface area contributed by atoms with Crippen LogP contribution in [0.2, 0.25) is 0 Å². The minimum atomic E-state index is -3.41. The van der Waals surface area contributed by atoms with Gasteiger partial charge >= 0.3 is 0 Å². The maximum absolute atomic E-state index is 11.9. The average molecular weight is 285 g/mol. The molecule has 1 unspecified atom stereocenters. The lowest BCUT2D eigenvalue weighted by atomic mass is 10.2. The number of benzene rings is 1. The van der Waals surface area contributed by atoms with Gasteiger partial charge in [0.05, 0.1) is 4.90 Å². The van der Waals surface area contributed by atoms with Gasteiger partial charge in [0.15, 0.2) is 0 Å². The zero-order valence-electron chi connectivity index (χ0n) is 11.3. The second kappa shape index (κ2) is 6.03. The number of rotatable bonds is 6. The summed E-state index contributed by atoms with van der Waals surface area (Å²) in [6.45, 7) is 1.83. The summed E-state index contributed by atoms with van der Waals surface area (Å²) >= 11 is 0. The van der Waals surface area contributed by atoms with Crippen LogP contribution in [0.15, 0.2) is 29.2 Å². The van der Waals surface area contributed by atoms with Crippen molar-refractivity contribution < 1.29 is 13.2 Å². The minimum absolute atomic E-state index is 0.103. The highest BCUT2D eigenvalue weighted by Crippen LogP contribution is 2.17. The van der Waals surface area contributed by atoms with E-state index in [9.17, 15) is 13.2 Å². The van der Waals surface area contributed by atoms with Gasteiger partial charge in [0, 0.05) is 32.2 Å². The van der Waals surface area contributed by atoms with Crippen LogP contribution in [-0.4, -0.2) is 38.8 Å². The fraction of sp³-hybridized carbons (Fsp3) is 0.417. The van der Waals surface area contributed by atoms with Gasteiger partial charge in [-0.05, 0) is 31.2 Å². The predicted octanol–water partition coefficient (Wildman–Crippen LogP) is 0.613. The average Bonchev–Trinajstić information content (AvgIpc) is 2.28. The lowest BCUT2D eigenvalue weighted by Gasteiger charge is -2.15. The third kappa shape index (κ3) is 4.22. The number of carbonyl (C=O) groups is 1. The molecule has 0 radical (unpaired) electrons. The predicted molar refractivity (Wildman–Crippen MR) is 74.2 cm³/mol. The number of nitrogens with one attached hydrogen (secondary N) is 1. The zero-order chi connectivity index (χ0) is 14.6. The maximum Gasteiger partial charge on any atom is 0.242 e. The Morgan fingerprint density at radius 2 is 1.84 bits per heavy atom. The van der Waals surface area contributed by atoms with Crippen LogP contribution in [0.3, 0.4) is 0 Å². The summed E-state index contributed by atoms with van der Waals surface area (Å²) in [7, 11) is -0.445. The Morgan fingerprint density at radius 1 is 1.32 bits per heavy atom. The van der Waals surface area contributed by atoms with Gasteiger partial charge in [0.1, 0.15) is 0 Å². The Balaban J connectivity index is 2.80. The number of nitrogens with two attached hydrogens (primary N) is 1. The molecule has 0 aliphatic carbocycles. The van der Waals surface area contributed by atoms with Gasteiger partial charge in [-0.15, -0.1) is 0 Å². The van der Waals surface area contributed by atoms with Gasteiger partial charge in [0.2, 0.25) is 15.9 Å². The van der Waals surface area contributed by atoms with Gasteiger partial charge in [-0.2, -0.15) is 0 Å². The highest BCUT2D eigenvalue weighted by molar-refractivity contribution is 7.89. The van der Waals surface area contributed by atoms with E-state index in [1.165, 1.54) is 26.2 Å². The molecule has 0 spiro atoms.